The van der Waals surface area contributed by atoms with Crippen LogP contribution in [-0.2, 0) is 6.54 Å². The highest BCUT2D eigenvalue weighted by Crippen LogP contribution is 2.22. The smallest absolute Gasteiger partial charge is 0.146 e. The zero-order valence-electron chi connectivity index (χ0n) is 10.7. The van der Waals surface area contributed by atoms with E-state index in [4.69, 9.17) is 0 Å². The lowest BCUT2D eigenvalue weighted by molar-refractivity contribution is 0.612. The first-order valence-electron chi connectivity index (χ1n) is 6.51. The summed E-state index contributed by atoms with van der Waals surface area (Å²) in [7, 11) is 0. The molecule has 0 saturated heterocycles. The van der Waals surface area contributed by atoms with E-state index in [9.17, 15) is 4.39 Å². The third-order valence-corrected chi connectivity index (χ3v) is 3.29. The zero-order chi connectivity index (χ0) is 12.3. The second-order valence-electron chi connectivity index (χ2n) is 4.61. The quantitative estimate of drug-likeness (QED) is 0.817. The average molecular weight is 236 g/mol. The van der Waals surface area contributed by atoms with Crippen LogP contribution >= 0.6 is 0 Å². The van der Waals surface area contributed by atoms with Gasteiger partial charge < -0.3 is 10.2 Å². The van der Waals surface area contributed by atoms with Crippen LogP contribution in [0.2, 0.25) is 0 Å². The van der Waals surface area contributed by atoms with Crippen LogP contribution in [0.5, 0.6) is 0 Å². The van der Waals surface area contributed by atoms with Crippen molar-refractivity contribution in [3.8, 4) is 0 Å². The Morgan fingerprint density at radius 3 is 2.53 bits per heavy atom. The van der Waals surface area contributed by atoms with Crippen LogP contribution in [0.15, 0.2) is 18.2 Å². The number of benzene rings is 1. The molecule has 0 bridgehead atoms. The number of halogens is 1. The van der Waals surface area contributed by atoms with Gasteiger partial charge in [0.2, 0.25) is 0 Å². The molecule has 1 N–H and O–H groups in total. The molecule has 1 aromatic carbocycles. The number of hydrogen-bond donors (Lipinski definition) is 1. The van der Waals surface area contributed by atoms with Crippen LogP contribution in [0.4, 0.5) is 10.1 Å². The monoisotopic (exact) mass is 236 g/mol. The number of hydrogen-bond acceptors (Lipinski definition) is 2. The van der Waals surface area contributed by atoms with Gasteiger partial charge >= 0.3 is 0 Å². The predicted molar refractivity (Wildman–Crippen MR) is 69.8 cm³/mol. The maximum Gasteiger partial charge on any atom is 0.146 e. The molecule has 0 aliphatic heterocycles. The maximum atomic E-state index is 13.9. The molecule has 0 unspecified atom stereocenters. The van der Waals surface area contributed by atoms with Gasteiger partial charge in [-0.15, -0.1) is 0 Å². The van der Waals surface area contributed by atoms with Crippen molar-refractivity contribution in [3.63, 3.8) is 0 Å². The number of anilines is 1. The maximum absolute atomic E-state index is 13.9. The first-order valence-corrected chi connectivity index (χ1v) is 6.51. The summed E-state index contributed by atoms with van der Waals surface area (Å²) in [5.74, 6) is -0.108. The summed E-state index contributed by atoms with van der Waals surface area (Å²) in [6.45, 7) is 6.55. The molecule has 94 valence electrons. The molecule has 0 radical (unpaired) electrons. The minimum absolute atomic E-state index is 0.108. The van der Waals surface area contributed by atoms with Crippen LogP contribution in [0.1, 0.15) is 32.3 Å². The Bertz CT molecular complexity index is 370. The molecule has 1 aliphatic rings. The van der Waals surface area contributed by atoms with Gasteiger partial charge in [0, 0.05) is 25.7 Å². The van der Waals surface area contributed by atoms with Crippen molar-refractivity contribution < 1.29 is 4.39 Å². The fourth-order valence-electron chi connectivity index (χ4n) is 2.03. The van der Waals surface area contributed by atoms with Crippen molar-refractivity contribution in [2.45, 2.75) is 39.3 Å². The van der Waals surface area contributed by atoms with Gasteiger partial charge in [0.15, 0.2) is 0 Å². The van der Waals surface area contributed by atoms with Crippen molar-refractivity contribution in [3.05, 3.63) is 29.6 Å². The molecule has 1 aromatic rings. The summed E-state index contributed by atoms with van der Waals surface area (Å²) >= 11 is 0. The van der Waals surface area contributed by atoms with Crippen LogP contribution in [0.25, 0.3) is 0 Å². The SMILES string of the molecule is CCN(CC)c1ccc(CNC2CC2)cc1F. The fraction of sp³-hybridized carbons (Fsp3) is 0.571. The number of nitrogens with zero attached hydrogens (tertiary/aromatic N) is 1. The third kappa shape index (κ3) is 3.19. The van der Waals surface area contributed by atoms with Gasteiger partial charge in [-0.2, -0.15) is 0 Å². The molecule has 0 spiro atoms. The van der Waals surface area contributed by atoms with E-state index in [0.717, 1.165) is 25.2 Å². The topological polar surface area (TPSA) is 15.3 Å². The Labute approximate surface area is 103 Å². The van der Waals surface area contributed by atoms with Crippen molar-refractivity contribution in [2.24, 2.45) is 0 Å². The molecule has 2 nitrogen and oxygen atoms in total. The molecule has 3 heteroatoms. The third-order valence-electron chi connectivity index (χ3n) is 3.29. The number of rotatable bonds is 6. The van der Waals surface area contributed by atoms with Crippen LogP contribution in [0.3, 0.4) is 0 Å². The highest BCUT2D eigenvalue weighted by Gasteiger charge is 2.20. The lowest BCUT2D eigenvalue weighted by Gasteiger charge is -2.22. The van der Waals surface area contributed by atoms with Crippen molar-refractivity contribution in [1.82, 2.24) is 5.32 Å². The first kappa shape index (κ1) is 12.4. The Hall–Kier alpha value is -1.09. The summed E-state index contributed by atoms with van der Waals surface area (Å²) in [4.78, 5) is 2.04. The van der Waals surface area contributed by atoms with Gasteiger partial charge in [0.1, 0.15) is 5.82 Å². The van der Waals surface area contributed by atoms with E-state index in [1.807, 2.05) is 30.9 Å². The van der Waals surface area contributed by atoms with E-state index in [-0.39, 0.29) is 5.82 Å². The molecule has 17 heavy (non-hydrogen) atoms. The highest BCUT2D eigenvalue weighted by atomic mass is 19.1. The van der Waals surface area contributed by atoms with E-state index in [0.29, 0.717) is 11.7 Å². The first-order chi connectivity index (χ1) is 8.24. The van der Waals surface area contributed by atoms with Gasteiger partial charge in [-0.3, -0.25) is 0 Å². The van der Waals surface area contributed by atoms with Gasteiger partial charge in [-0.1, -0.05) is 6.07 Å². The van der Waals surface area contributed by atoms with E-state index in [2.05, 4.69) is 5.32 Å². The van der Waals surface area contributed by atoms with Gasteiger partial charge in [-0.25, -0.2) is 4.39 Å². The zero-order valence-corrected chi connectivity index (χ0v) is 10.7. The van der Waals surface area contributed by atoms with Crippen LogP contribution in [0, 0.1) is 5.82 Å². The Kier molecular flexibility index (Phi) is 4.00. The molecule has 0 atom stereocenters. The van der Waals surface area contributed by atoms with E-state index in [1.54, 1.807) is 6.07 Å². The van der Waals surface area contributed by atoms with Crippen LogP contribution in [-0.4, -0.2) is 19.1 Å². The summed E-state index contributed by atoms with van der Waals surface area (Å²) in [6.07, 6.45) is 2.53. The van der Waals surface area contributed by atoms with Crippen molar-refractivity contribution >= 4 is 5.69 Å². The largest absolute Gasteiger partial charge is 0.370 e. The second kappa shape index (κ2) is 5.50. The molecule has 1 fully saturated rings. The average Bonchev–Trinajstić information content (AvgIpc) is 3.14. The molecular formula is C14H21FN2. The molecule has 2 rings (SSSR count). The normalized spacial score (nSPS) is 15.0. The molecule has 1 aliphatic carbocycles. The van der Waals surface area contributed by atoms with Crippen LogP contribution < -0.4 is 10.2 Å². The predicted octanol–water partition coefficient (Wildman–Crippen LogP) is 2.92. The Morgan fingerprint density at radius 2 is 2.00 bits per heavy atom. The molecule has 0 amide bonds. The molecular weight excluding hydrogens is 215 g/mol. The summed E-state index contributed by atoms with van der Waals surface area (Å²) in [5, 5.41) is 3.40. The highest BCUT2D eigenvalue weighted by molar-refractivity contribution is 5.49. The molecule has 0 heterocycles. The van der Waals surface area contributed by atoms with E-state index in [1.165, 1.54) is 12.8 Å². The summed E-state index contributed by atoms with van der Waals surface area (Å²) in [5.41, 5.74) is 1.75. The summed E-state index contributed by atoms with van der Waals surface area (Å²) in [6, 6.07) is 6.24. The van der Waals surface area contributed by atoms with Gasteiger partial charge in [0.05, 0.1) is 5.69 Å². The van der Waals surface area contributed by atoms with E-state index >= 15 is 0 Å². The molecule has 1 saturated carbocycles. The standard InChI is InChI=1S/C14H21FN2/c1-3-17(4-2)14-8-5-11(9-13(14)15)10-16-12-6-7-12/h5,8-9,12,16H,3-4,6-7,10H2,1-2H3. The van der Waals surface area contributed by atoms with Gasteiger partial charge in [0.25, 0.3) is 0 Å². The number of nitrogens with one attached hydrogen (secondary N) is 1. The van der Waals surface area contributed by atoms with Crippen molar-refractivity contribution in [1.29, 1.82) is 0 Å². The Morgan fingerprint density at radius 1 is 1.29 bits per heavy atom. The second-order valence-corrected chi connectivity index (χ2v) is 4.61. The van der Waals surface area contributed by atoms with Crippen molar-refractivity contribution in [2.75, 3.05) is 18.0 Å². The van der Waals surface area contributed by atoms with Gasteiger partial charge in [-0.05, 0) is 44.4 Å². The summed E-state index contributed by atoms with van der Waals surface area (Å²) < 4.78 is 13.9. The lowest BCUT2D eigenvalue weighted by Crippen LogP contribution is -2.23. The van der Waals surface area contributed by atoms with E-state index < -0.39 is 0 Å². The Balaban J connectivity index is 2.04. The molecule has 0 aromatic heterocycles. The minimum Gasteiger partial charge on any atom is -0.370 e. The fourth-order valence-corrected chi connectivity index (χ4v) is 2.03. The minimum atomic E-state index is -0.108. The lowest BCUT2D eigenvalue weighted by atomic mass is 10.1.